The van der Waals surface area contributed by atoms with Crippen LogP contribution >= 0.6 is 0 Å². The Balaban J connectivity index is 2.60. The fourth-order valence-corrected chi connectivity index (χ4v) is 2.95. The maximum absolute atomic E-state index is 12.6. The van der Waals surface area contributed by atoms with Gasteiger partial charge in [-0.3, -0.25) is 4.79 Å². The summed E-state index contributed by atoms with van der Waals surface area (Å²) in [5.74, 6) is 0. The standard InChI is InChI=1S/C16H22N2O/c1-16(2,3)14-9-8-12(10-11-17)15(19)18(14)13-6-4-5-7-13/h8-9,13H,4-7,10H2,1-3H3. The van der Waals surface area contributed by atoms with E-state index in [1.54, 1.807) is 0 Å². The van der Waals surface area contributed by atoms with Crippen LogP contribution in [0.4, 0.5) is 0 Å². The highest BCUT2D eigenvalue weighted by Crippen LogP contribution is 2.32. The van der Waals surface area contributed by atoms with Gasteiger partial charge in [0.2, 0.25) is 0 Å². The summed E-state index contributed by atoms with van der Waals surface area (Å²) in [4.78, 5) is 12.6. The molecule has 1 saturated carbocycles. The molecule has 1 aromatic heterocycles. The van der Waals surface area contributed by atoms with E-state index in [1.165, 1.54) is 12.8 Å². The normalized spacial score (nSPS) is 16.5. The lowest BCUT2D eigenvalue weighted by Crippen LogP contribution is -2.33. The van der Waals surface area contributed by atoms with E-state index in [2.05, 4.69) is 26.8 Å². The van der Waals surface area contributed by atoms with Crippen molar-refractivity contribution in [1.82, 2.24) is 4.57 Å². The highest BCUT2D eigenvalue weighted by atomic mass is 16.1. The Morgan fingerprint density at radius 1 is 1.32 bits per heavy atom. The number of nitrogens with zero attached hydrogens (tertiary/aromatic N) is 2. The molecule has 3 heteroatoms. The van der Waals surface area contributed by atoms with Gasteiger partial charge in [0.15, 0.2) is 0 Å². The van der Waals surface area contributed by atoms with E-state index in [0.29, 0.717) is 11.6 Å². The Morgan fingerprint density at radius 2 is 1.95 bits per heavy atom. The lowest BCUT2D eigenvalue weighted by Gasteiger charge is -2.28. The largest absolute Gasteiger partial charge is 0.309 e. The second kappa shape index (κ2) is 5.21. The third kappa shape index (κ3) is 2.73. The van der Waals surface area contributed by atoms with E-state index in [-0.39, 0.29) is 17.4 Å². The van der Waals surface area contributed by atoms with Crippen LogP contribution in [-0.4, -0.2) is 4.57 Å². The molecule has 1 aliphatic carbocycles. The van der Waals surface area contributed by atoms with Crippen LogP contribution in [0.1, 0.15) is 63.8 Å². The van der Waals surface area contributed by atoms with Gasteiger partial charge < -0.3 is 4.57 Å². The quantitative estimate of drug-likeness (QED) is 0.816. The first kappa shape index (κ1) is 13.9. The highest BCUT2D eigenvalue weighted by Gasteiger charge is 2.26. The molecule has 0 radical (unpaired) electrons. The predicted octanol–water partition coefficient (Wildman–Crippen LogP) is 3.33. The zero-order chi connectivity index (χ0) is 14.0. The number of aromatic nitrogens is 1. The summed E-state index contributed by atoms with van der Waals surface area (Å²) in [7, 11) is 0. The molecule has 0 aromatic carbocycles. The van der Waals surface area contributed by atoms with Gasteiger partial charge in [0.25, 0.3) is 5.56 Å². The third-order valence-corrected chi connectivity index (χ3v) is 3.92. The molecule has 1 heterocycles. The SMILES string of the molecule is CC(C)(C)c1ccc(CC#N)c(=O)n1C1CCCC1. The highest BCUT2D eigenvalue weighted by molar-refractivity contribution is 5.24. The Kier molecular flexibility index (Phi) is 3.80. The number of hydrogen-bond acceptors (Lipinski definition) is 2. The Labute approximate surface area is 114 Å². The monoisotopic (exact) mass is 258 g/mol. The second-order valence-electron chi connectivity index (χ2n) is 6.44. The third-order valence-electron chi connectivity index (χ3n) is 3.92. The van der Waals surface area contributed by atoms with Crippen molar-refractivity contribution in [3.8, 4) is 6.07 Å². The molecule has 0 atom stereocenters. The molecule has 2 rings (SSSR count). The predicted molar refractivity (Wildman–Crippen MR) is 76.2 cm³/mol. The van der Waals surface area contributed by atoms with Crippen molar-refractivity contribution in [2.24, 2.45) is 0 Å². The average molecular weight is 258 g/mol. The molecule has 1 aromatic rings. The van der Waals surface area contributed by atoms with Gasteiger partial charge in [-0.05, 0) is 18.9 Å². The van der Waals surface area contributed by atoms with Gasteiger partial charge >= 0.3 is 0 Å². The van der Waals surface area contributed by atoms with Crippen LogP contribution in [-0.2, 0) is 11.8 Å². The summed E-state index contributed by atoms with van der Waals surface area (Å²) in [6.07, 6.45) is 4.76. The lowest BCUT2D eigenvalue weighted by atomic mass is 9.90. The molecule has 0 spiro atoms. The molecule has 3 nitrogen and oxygen atoms in total. The summed E-state index contributed by atoms with van der Waals surface area (Å²) in [6, 6.07) is 6.27. The van der Waals surface area contributed by atoms with Crippen molar-refractivity contribution in [3.63, 3.8) is 0 Å². The number of nitriles is 1. The molecule has 102 valence electrons. The van der Waals surface area contributed by atoms with Gasteiger partial charge in [0.1, 0.15) is 0 Å². The number of hydrogen-bond donors (Lipinski definition) is 0. The van der Waals surface area contributed by atoms with E-state index in [4.69, 9.17) is 5.26 Å². The molecule has 0 N–H and O–H groups in total. The van der Waals surface area contributed by atoms with Gasteiger partial charge in [0.05, 0.1) is 12.5 Å². The van der Waals surface area contributed by atoms with Crippen molar-refractivity contribution >= 4 is 0 Å². The molecular weight excluding hydrogens is 236 g/mol. The maximum Gasteiger partial charge on any atom is 0.255 e. The van der Waals surface area contributed by atoms with E-state index >= 15 is 0 Å². The van der Waals surface area contributed by atoms with E-state index in [1.807, 2.05) is 16.7 Å². The van der Waals surface area contributed by atoms with Gasteiger partial charge in [-0.15, -0.1) is 0 Å². The van der Waals surface area contributed by atoms with Gasteiger partial charge in [-0.1, -0.05) is 39.7 Å². The average Bonchev–Trinajstić information content (AvgIpc) is 2.83. The topological polar surface area (TPSA) is 45.8 Å². The first-order chi connectivity index (χ1) is 8.95. The molecule has 1 fully saturated rings. The van der Waals surface area contributed by atoms with Crippen molar-refractivity contribution in [3.05, 3.63) is 33.7 Å². The minimum absolute atomic E-state index is 0.0425. The minimum atomic E-state index is -0.0487. The van der Waals surface area contributed by atoms with Gasteiger partial charge in [-0.2, -0.15) is 5.26 Å². The van der Waals surface area contributed by atoms with Crippen LogP contribution in [0.25, 0.3) is 0 Å². The van der Waals surface area contributed by atoms with Crippen LogP contribution in [0, 0.1) is 11.3 Å². The van der Waals surface area contributed by atoms with Gasteiger partial charge in [0, 0.05) is 22.7 Å². The Bertz CT molecular complexity index is 552. The van der Waals surface area contributed by atoms with Crippen LogP contribution in [0.2, 0.25) is 0 Å². The van der Waals surface area contributed by atoms with Crippen molar-refractivity contribution in [2.75, 3.05) is 0 Å². The van der Waals surface area contributed by atoms with Crippen LogP contribution in [0.5, 0.6) is 0 Å². The molecular formula is C16H22N2O. The Hall–Kier alpha value is -1.56. The fraction of sp³-hybridized carbons (Fsp3) is 0.625. The smallest absolute Gasteiger partial charge is 0.255 e. The number of pyridine rings is 1. The Morgan fingerprint density at radius 3 is 2.47 bits per heavy atom. The van der Waals surface area contributed by atoms with E-state index < -0.39 is 0 Å². The number of rotatable bonds is 2. The summed E-state index contributed by atoms with van der Waals surface area (Å²) >= 11 is 0. The van der Waals surface area contributed by atoms with Crippen LogP contribution in [0.3, 0.4) is 0 Å². The fourth-order valence-electron chi connectivity index (χ4n) is 2.95. The zero-order valence-corrected chi connectivity index (χ0v) is 12.1. The molecule has 0 amide bonds. The summed E-state index contributed by atoms with van der Waals surface area (Å²) in [5, 5.41) is 8.83. The summed E-state index contributed by atoms with van der Waals surface area (Å²) in [5.41, 5.74) is 1.71. The maximum atomic E-state index is 12.6. The van der Waals surface area contributed by atoms with Crippen LogP contribution in [0.15, 0.2) is 16.9 Å². The van der Waals surface area contributed by atoms with Crippen molar-refractivity contribution in [1.29, 1.82) is 5.26 Å². The molecule has 0 unspecified atom stereocenters. The first-order valence-corrected chi connectivity index (χ1v) is 7.07. The molecule has 0 aliphatic heterocycles. The molecule has 1 aliphatic rings. The van der Waals surface area contributed by atoms with Gasteiger partial charge in [-0.25, -0.2) is 0 Å². The lowest BCUT2D eigenvalue weighted by molar-refractivity contribution is 0.430. The zero-order valence-electron chi connectivity index (χ0n) is 12.1. The molecule has 19 heavy (non-hydrogen) atoms. The summed E-state index contributed by atoms with van der Waals surface area (Å²) in [6.45, 7) is 6.41. The summed E-state index contributed by atoms with van der Waals surface area (Å²) < 4.78 is 1.97. The van der Waals surface area contributed by atoms with Crippen molar-refractivity contribution < 1.29 is 0 Å². The molecule has 0 saturated heterocycles. The van der Waals surface area contributed by atoms with Crippen molar-refractivity contribution in [2.45, 2.75) is 64.3 Å². The van der Waals surface area contributed by atoms with E-state index in [0.717, 1.165) is 18.5 Å². The van der Waals surface area contributed by atoms with Crippen LogP contribution < -0.4 is 5.56 Å². The molecule has 0 bridgehead atoms. The second-order valence-corrected chi connectivity index (χ2v) is 6.44. The first-order valence-electron chi connectivity index (χ1n) is 7.07. The van der Waals surface area contributed by atoms with E-state index in [9.17, 15) is 4.79 Å². The minimum Gasteiger partial charge on any atom is -0.309 e.